The Bertz CT molecular complexity index is 1400. The first kappa shape index (κ1) is 24.0. The van der Waals surface area contributed by atoms with E-state index in [9.17, 15) is 14.0 Å². The lowest BCUT2D eigenvalue weighted by molar-refractivity contribution is 0.122. The summed E-state index contributed by atoms with van der Waals surface area (Å²) in [4.78, 5) is 40.5. The van der Waals surface area contributed by atoms with Crippen molar-refractivity contribution in [2.75, 3.05) is 42.3 Å². The van der Waals surface area contributed by atoms with Crippen LogP contribution in [0.3, 0.4) is 0 Å². The van der Waals surface area contributed by atoms with Crippen molar-refractivity contribution in [3.8, 4) is 10.6 Å². The Labute approximate surface area is 202 Å². The van der Waals surface area contributed by atoms with E-state index in [4.69, 9.17) is 10.5 Å². The second kappa shape index (κ2) is 10.9. The van der Waals surface area contributed by atoms with Gasteiger partial charge in [-0.1, -0.05) is 11.3 Å². The number of ether oxygens (including phenoxy) is 1. The van der Waals surface area contributed by atoms with Crippen molar-refractivity contribution in [1.29, 1.82) is 0 Å². The molecule has 0 atom stereocenters. The van der Waals surface area contributed by atoms with Crippen LogP contribution in [0, 0.1) is 12.7 Å². The number of morpholine rings is 1. The summed E-state index contributed by atoms with van der Waals surface area (Å²) < 4.78 is 17.4. The lowest BCUT2D eigenvalue weighted by Gasteiger charge is -2.28. The number of nitrogens with zero attached hydrogens (tertiary/aromatic N) is 4. The molecule has 3 aromatic heterocycles. The number of H-pyrrole nitrogens is 2. The summed E-state index contributed by atoms with van der Waals surface area (Å²) in [7, 11) is 0. The van der Waals surface area contributed by atoms with Gasteiger partial charge in [-0.3, -0.25) is 9.78 Å². The van der Waals surface area contributed by atoms with Crippen LogP contribution in [-0.2, 0) is 4.74 Å². The highest BCUT2D eigenvalue weighted by molar-refractivity contribution is 7.18. The fourth-order valence-corrected chi connectivity index (χ4v) is 4.10. The van der Waals surface area contributed by atoms with E-state index in [1.807, 2.05) is 30.1 Å². The van der Waals surface area contributed by atoms with Gasteiger partial charge in [0.05, 0.1) is 29.5 Å². The summed E-state index contributed by atoms with van der Waals surface area (Å²) in [6, 6.07) is 10.2. The third kappa shape index (κ3) is 6.28. The maximum atomic E-state index is 12.0. The Morgan fingerprint density at radius 3 is 2.51 bits per heavy atom. The average molecular weight is 499 g/mol. The van der Waals surface area contributed by atoms with Crippen LogP contribution in [0.2, 0.25) is 0 Å². The number of aromatic amines is 2. The number of anilines is 4. The first-order valence-electron chi connectivity index (χ1n) is 10.6. The van der Waals surface area contributed by atoms with Crippen LogP contribution >= 0.6 is 11.3 Å². The first-order valence-corrected chi connectivity index (χ1v) is 11.4. The number of halogens is 1. The molecule has 1 aliphatic rings. The SMILES string of the molecule is Cc1nc(N)sc1-c1ccnc(Nc2ccc(N3CCOCC3)cc2)n1.O=c1[nH]cc(F)c(=O)[nH]1. The molecule has 5 rings (SSSR count). The molecule has 0 saturated carbocycles. The van der Waals surface area contributed by atoms with Gasteiger partial charge in [-0.2, -0.15) is 4.39 Å². The third-order valence-electron chi connectivity index (χ3n) is 4.97. The Kier molecular flexibility index (Phi) is 7.48. The number of rotatable bonds is 4. The number of hydrogen-bond acceptors (Lipinski definition) is 10. The Balaban J connectivity index is 0.000000271. The second-order valence-electron chi connectivity index (χ2n) is 7.42. The van der Waals surface area contributed by atoms with Crippen molar-refractivity contribution in [1.82, 2.24) is 24.9 Å². The molecule has 13 heteroatoms. The molecule has 0 unspecified atom stereocenters. The monoisotopic (exact) mass is 498 g/mol. The predicted molar refractivity (Wildman–Crippen MR) is 133 cm³/mol. The van der Waals surface area contributed by atoms with E-state index < -0.39 is 17.1 Å². The zero-order chi connectivity index (χ0) is 24.8. The van der Waals surface area contributed by atoms with Crippen molar-refractivity contribution in [3.05, 3.63) is 75.1 Å². The minimum absolute atomic E-state index is 0.546. The lowest BCUT2D eigenvalue weighted by Crippen LogP contribution is -2.36. The van der Waals surface area contributed by atoms with E-state index in [0.29, 0.717) is 17.3 Å². The number of thiazole rings is 1. The van der Waals surface area contributed by atoms with Gasteiger partial charge in [0.2, 0.25) is 11.8 Å². The van der Waals surface area contributed by atoms with Gasteiger partial charge >= 0.3 is 5.69 Å². The third-order valence-corrected chi connectivity index (χ3v) is 5.98. The summed E-state index contributed by atoms with van der Waals surface area (Å²) in [5.74, 6) is -0.442. The molecule has 4 heterocycles. The molecule has 5 N–H and O–H groups in total. The normalized spacial score (nSPS) is 13.1. The molecule has 1 fully saturated rings. The molecule has 182 valence electrons. The Hall–Kier alpha value is -4.10. The lowest BCUT2D eigenvalue weighted by atomic mass is 10.2. The van der Waals surface area contributed by atoms with Crippen molar-refractivity contribution >= 4 is 33.8 Å². The van der Waals surface area contributed by atoms with Crippen LogP contribution in [0.25, 0.3) is 10.6 Å². The topological polar surface area (TPSA) is 155 Å². The van der Waals surface area contributed by atoms with Crippen LogP contribution in [0.15, 0.2) is 52.3 Å². The number of nitrogens with two attached hydrogens (primary N) is 1. The minimum Gasteiger partial charge on any atom is -0.378 e. The molecule has 11 nitrogen and oxygen atoms in total. The summed E-state index contributed by atoms with van der Waals surface area (Å²) in [6.45, 7) is 5.34. The standard InChI is InChI=1S/C18H20N6OS.C4H3FN2O2/c1-12-16(26-17(19)21-12)15-6-7-20-18(23-15)22-13-2-4-14(5-3-13)24-8-10-25-11-9-24;5-2-1-6-4(9)7-3(2)8/h2-7H,8-11H2,1H3,(H2,19,21)(H,20,22,23);1H,(H2,6,7,8,9). The fraction of sp³-hybridized carbons (Fsp3) is 0.227. The molecule has 1 saturated heterocycles. The van der Waals surface area contributed by atoms with Crippen LogP contribution in [0.5, 0.6) is 0 Å². The van der Waals surface area contributed by atoms with Crippen molar-refractivity contribution < 1.29 is 9.13 Å². The molecule has 0 aliphatic carbocycles. The molecule has 0 spiro atoms. The molecular formula is C22H23FN8O3S. The summed E-state index contributed by atoms with van der Waals surface area (Å²) in [5, 5.41) is 3.80. The molecule has 1 aliphatic heterocycles. The number of hydrogen-bond donors (Lipinski definition) is 4. The van der Waals surface area contributed by atoms with Crippen molar-refractivity contribution in [3.63, 3.8) is 0 Å². The van der Waals surface area contributed by atoms with E-state index in [0.717, 1.165) is 48.3 Å². The fourth-order valence-electron chi connectivity index (χ4n) is 3.30. The van der Waals surface area contributed by atoms with Gasteiger partial charge in [-0.05, 0) is 37.3 Å². The van der Waals surface area contributed by atoms with E-state index in [1.165, 1.54) is 17.0 Å². The molecular weight excluding hydrogens is 475 g/mol. The Morgan fingerprint density at radius 1 is 1.14 bits per heavy atom. The highest BCUT2D eigenvalue weighted by Gasteiger charge is 2.12. The highest BCUT2D eigenvalue weighted by Crippen LogP contribution is 2.30. The van der Waals surface area contributed by atoms with E-state index in [1.54, 1.807) is 11.2 Å². The molecule has 35 heavy (non-hydrogen) atoms. The molecule has 0 bridgehead atoms. The minimum atomic E-state index is -1.00. The van der Waals surface area contributed by atoms with E-state index >= 15 is 0 Å². The predicted octanol–water partition coefficient (Wildman–Crippen LogP) is 2.27. The van der Waals surface area contributed by atoms with Gasteiger partial charge < -0.3 is 25.7 Å². The van der Waals surface area contributed by atoms with E-state index in [2.05, 4.69) is 37.3 Å². The van der Waals surface area contributed by atoms with Crippen LogP contribution in [-0.4, -0.2) is 51.2 Å². The highest BCUT2D eigenvalue weighted by atomic mass is 32.1. The largest absolute Gasteiger partial charge is 0.378 e. The molecule has 4 aromatic rings. The maximum Gasteiger partial charge on any atom is 0.325 e. The summed E-state index contributed by atoms with van der Waals surface area (Å²) >= 11 is 1.43. The van der Waals surface area contributed by atoms with Gasteiger partial charge in [-0.15, -0.1) is 0 Å². The van der Waals surface area contributed by atoms with Gasteiger partial charge in [0, 0.05) is 36.9 Å². The molecule has 0 amide bonds. The van der Waals surface area contributed by atoms with Gasteiger partial charge in [-0.25, -0.2) is 19.7 Å². The van der Waals surface area contributed by atoms with Crippen LogP contribution in [0.1, 0.15) is 5.69 Å². The summed E-state index contributed by atoms with van der Waals surface area (Å²) in [6.07, 6.45) is 2.45. The van der Waals surface area contributed by atoms with Gasteiger partial charge in [0.1, 0.15) is 0 Å². The zero-order valence-corrected chi connectivity index (χ0v) is 19.6. The zero-order valence-electron chi connectivity index (χ0n) is 18.7. The maximum absolute atomic E-state index is 12.0. The number of benzene rings is 1. The smallest absolute Gasteiger partial charge is 0.325 e. The van der Waals surface area contributed by atoms with Gasteiger partial charge in [0.25, 0.3) is 5.56 Å². The number of nitrogens with one attached hydrogen (secondary N) is 3. The first-order chi connectivity index (χ1) is 16.9. The number of aromatic nitrogens is 5. The average Bonchev–Trinajstić information content (AvgIpc) is 3.21. The van der Waals surface area contributed by atoms with Crippen molar-refractivity contribution in [2.24, 2.45) is 0 Å². The quantitative estimate of drug-likeness (QED) is 0.332. The molecule has 1 aromatic carbocycles. The van der Waals surface area contributed by atoms with Crippen molar-refractivity contribution in [2.45, 2.75) is 6.92 Å². The number of aryl methyl sites for hydroxylation is 1. The van der Waals surface area contributed by atoms with Crippen LogP contribution in [0.4, 0.5) is 26.8 Å². The second-order valence-corrected chi connectivity index (χ2v) is 8.45. The number of nitrogen functional groups attached to an aromatic ring is 1. The van der Waals surface area contributed by atoms with Crippen LogP contribution < -0.4 is 27.2 Å². The Morgan fingerprint density at radius 2 is 1.89 bits per heavy atom. The van der Waals surface area contributed by atoms with Gasteiger partial charge in [0.15, 0.2) is 5.13 Å². The van der Waals surface area contributed by atoms with E-state index in [-0.39, 0.29) is 0 Å². The molecule has 0 radical (unpaired) electrons. The summed E-state index contributed by atoms with van der Waals surface area (Å²) in [5.41, 5.74) is 7.93.